The first-order chi connectivity index (χ1) is 13.6. The molecule has 0 bridgehead atoms. The summed E-state index contributed by atoms with van der Waals surface area (Å²) in [6.07, 6.45) is -0.267. The lowest BCUT2D eigenvalue weighted by Gasteiger charge is -2.38. The van der Waals surface area contributed by atoms with Gasteiger partial charge in [-0.15, -0.1) is 11.3 Å². The molecule has 0 radical (unpaired) electrons. The fourth-order valence-corrected chi connectivity index (χ4v) is 6.46. The minimum atomic E-state index is -2.00. The number of rotatable bonds is 6. The van der Waals surface area contributed by atoms with E-state index < -0.39 is 8.32 Å². The van der Waals surface area contributed by atoms with Gasteiger partial charge in [0, 0.05) is 10.8 Å². The molecular formula is C25H39FO2SSi. The second kappa shape index (κ2) is 8.85. The summed E-state index contributed by atoms with van der Waals surface area (Å²) in [5, 5.41) is 9.80. The highest BCUT2D eigenvalue weighted by Gasteiger charge is 2.39. The Hall–Kier alpha value is -1.01. The maximum absolute atomic E-state index is 15.1. The highest BCUT2D eigenvalue weighted by atomic mass is 32.1. The molecule has 1 aromatic heterocycles. The van der Waals surface area contributed by atoms with Gasteiger partial charge in [-0.05, 0) is 60.2 Å². The molecule has 0 saturated heterocycles. The first kappa shape index (κ1) is 25.2. The molecule has 168 valence electrons. The first-order valence-electron chi connectivity index (χ1n) is 10.8. The second-order valence-electron chi connectivity index (χ2n) is 11.0. The maximum atomic E-state index is 15.1. The molecule has 2 rings (SSSR count). The highest BCUT2D eigenvalue weighted by Crippen LogP contribution is 2.47. The van der Waals surface area contributed by atoms with Gasteiger partial charge in [-0.1, -0.05) is 59.7 Å². The Morgan fingerprint density at radius 2 is 1.70 bits per heavy atom. The molecule has 2 unspecified atom stereocenters. The lowest BCUT2D eigenvalue weighted by atomic mass is 9.75. The molecule has 2 atom stereocenters. The van der Waals surface area contributed by atoms with E-state index in [-0.39, 0.29) is 34.9 Å². The first-order valence-corrected chi connectivity index (χ1v) is 14.5. The van der Waals surface area contributed by atoms with Crippen LogP contribution in [-0.4, -0.2) is 13.4 Å². The summed E-state index contributed by atoms with van der Waals surface area (Å²) in [5.74, 6) is -0.137. The number of hydrogen-bond acceptors (Lipinski definition) is 3. The number of aryl methyl sites for hydroxylation is 1. The molecule has 1 N–H and O–H groups in total. The predicted octanol–water partition coefficient (Wildman–Crippen LogP) is 7.95. The van der Waals surface area contributed by atoms with E-state index in [1.165, 1.54) is 11.3 Å². The summed E-state index contributed by atoms with van der Waals surface area (Å²) in [7, 11) is -2.00. The van der Waals surface area contributed by atoms with Crippen molar-refractivity contribution in [2.75, 3.05) is 0 Å². The smallest absolute Gasteiger partial charge is 0.192 e. The van der Waals surface area contributed by atoms with Crippen LogP contribution in [0.3, 0.4) is 0 Å². The van der Waals surface area contributed by atoms with Gasteiger partial charge in [-0.2, -0.15) is 0 Å². The summed E-state index contributed by atoms with van der Waals surface area (Å²) < 4.78 is 21.6. The SMILES string of the molecule is Cc1ccc(C(c2cc(F)c(C(C)O[Si](C)(C)C(C)(C)C)s2)C(C)(C)C)cc1CO. The summed E-state index contributed by atoms with van der Waals surface area (Å²) in [6, 6.07) is 7.92. The molecule has 5 heteroatoms. The molecule has 1 heterocycles. The van der Waals surface area contributed by atoms with Crippen LogP contribution in [0, 0.1) is 18.2 Å². The van der Waals surface area contributed by atoms with E-state index in [1.54, 1.807) is 6.07 Å². The van der Waals surface area contributed by atoms with Crippen LogP contribution in [0.5, 0.6) is 0 Å². The molecule has 0 aliphatic heterocycles. The molecule has 2 nitrogen and oxygen atoms in total. The van der Waals surface area contributed by atoms with Crippen LogP contribution in [0.1, 0.15) is 86.9 Å². The summed E-state index contributed by atoms with van der Waals surface area (Å²) in [4.78, 5) is 1.69. The van der Waals surface area contributed by atoms with E-state index >= 15 is 4.39 Å². The molecule has 30 heavy (non-hydrogen) atoms. The van der Waals surface area contributed by atoms with Crippen LogP contribution in [0.2, 0.25) is 18.1 Å². The third kappa shape index (κ3) is 5.42. The molecular weight excluding hydrogens is 411 g/mol. The van der Waals surface area contributed by atoms with Crippen molar-refractivity contribution in [3.63, 3.8) is 0 Å². The highest BCUT2D eigenvalue weighted by molar-refractivity contribution is 7.12. The lowest BCUT2D eigenvalue weighted by molar-refractivity contribution is 0.202. The Labute approximate surface area is 187 Å². The standard InChI is InChI=1S/C25H39FO2SSi/c1-16-11-12-18(13-19(16)15-27)22(24(3,4)5)21-14-20(26)23(29-21)17(2)28-30(9,10)25(6,7)8/h11-14,17,22,27H,15H2,1-10H3. The molecule has 0 spiro atoms. The van der Waals surface area contributed by atoms with Crippen molar-refractivity contribution in [1.82, 2.24) is 0 Å². The number of hydrogen-bond donors (Lipinski definition) is 1. The average molecular weight is 451 g/mol. The predicted molar refractivity (Wildman–Crippen MR) is 129 cm³/mol. The van der Waals surface area contributed by atoms with Crippen molar-refractivity contribution in [2.24, 2.45) is 5.41 Å². The van der Waals surface area contributed by atoms with Gasteiger partial charge in [0.25, 0.3) is 0 Å². The minimum Gasteiger partial charge on any atom is -0.409 e. The van der Waals surface area contributed by atoms with Gasteiger partial charge >= 0.3 is 0 Å². The maximum Gasteiger partial charge on any atom is 0.192 e. The monoisotopic (exact) mass is 450 g/mol. The normalized spacial score (nSPS) is 15.3. The van der Waals surface area contributed by atoms with Gasteiger partial charge in [0.2, 0.25) is 0 Å². The third-order valence-corrected chi connectivity index (χ3v) is 12.3. The van der Waals surface area contributed by atoms with E-state index in [2.05, 4.69) is 66.8 Å². The number of benzene rings is 1. The average Bonchev–Trinajstić information content (AvgIpc) is 2.95. The molecule has 0 saturated carbocycles. The van der Waals surface area contributed by atoms with E-state index in [0.29, 0.717) is 4.88 Å². The second-order valence-corrected chi connectivity index (χ2v) is 16.9. The van der Waals surface area contributed by atoms with E-state index in [1.807, 2.05) is 19.9 Å². The van der Waals surface area contributed by atoms with Crippen molar-refractivity contribution < 1.29 is 13.9 Å². The lowest BCUT2D eigenvalue weighted by Crippen LogP contribution is -2.41. The van der Waals surface area contributed by atoms with E-state index in [9.17, 15) is 5.11 Å². The molecule has 1 aromatic carbocycles. The topological polar surface area (TPSA) is 29.5 Å². The van der Waals surface area contributed by atoms with Crippen LogP contribution in [-0.2, 0) is 11.0 Å². The van der Waals surface area contributed by atoms with Gasteiger partial charge in [0.05, 0.1) is 17.6 Å². The Morgan fingerprint density at radius 3 is 2.20 bits per heavy atom. The van der Waals surface area contributed by atoms with Crippen LogP contribution >= 0.6 is 11.3 Å². The van der Waals surface area contributed by atoms with E-state index in [4.69, 9.17) is 4.43 Å². The van der Waals surface area contributed by atoms with Gasteiger partial charge in [0.1, 0.15) is 5.82 Å². The number of aliphatic hydroxyl groups is 1. The van der Waals surface area contributed by atoms with Crippen molar-refractivity contribution in [3.8, 4) is 0 Å². The fraction of sp³-hybridized carbons (Fsp3) is 0.600. The Balaban J connectivity index is 2.47. The van der Waals surface area contributed by atoms with Gasteiger partial charge in [-0.25, -0.2) is 4.39 Å². The van der Waals surface area contributed by atoms with Crippen LogP contribution in [0.25, 0.3) is 0 Å². The summed E-state index contributed by atoms with van der Waals surface area (Å²) in [5.41, 5.74) is 3.01. The number of halogens is 1. The Kier molecular flexibility index (Phi) is 7.45. The van der Waals surface area contributed by atoms with Crippen LogP contribution in [0.15, 0.2) is 24.3 Å². The van der Waals surface area contributed by atoms with Crippen molar-refractivity contribution in [3.05, 3.63) is 56.5 Å². The van der Waals surface area contributed by atoms with Crippen LogP contribution < -0.4 is 0 Å². The van der Waals surface area contributed by atoms with Crippen LogP contribution in [0.4, 0.5) is 4.39 Å². The molecule has 0 aliphatic rings. The zero-order chi connectivity index (χ0) is 23.1. The van der Waals surface area contributed by atoms with E-state index in [0.717, 1.165) is 21.6 Å². The van der Waals surface area contributed by atoms with Gasteiger partial charge < -0.3 is 9.53 Å². The molecule has 0 aliphatic carbocycles. The molecule has 2 aromatic rings. The summed E-state index contributed by atoms with van der Waals surface area (Å²) in [6.45, 7) is 21.6. The summed E-state index contributed by atoms with van der Waals surface area (Å²) >= 11 is 1.53. The zero-order valence-corrected chi connectivity index (χ0v) is 22.1. The fourth-order valence-electron chi connectivity index (χ4n) is 3.63. The zero-order valence-electron chi connectivity index (χ0n) is 20.3. The largest absolute Gasteiger partial charge is 0.409 e. The van der Waals surface area contributed by atoms with Crippen molar-refractivity contribution in [1.29, 1.82) is 0 Å². The molecule has 0 fully saturated rings. The Morgan fingerprint density at radius 1 is 1.10 bits per heavy atom. The minimum absolute atomic E-state index is 0.0119. The molecule has 0 amide bonds. The Bertz CT molecular complexity index is 874. The quantitative estimate of drug-likeness (QED) is 0.452. The van der Waals surface area contributed by atoms with Gasteiger partial charge in [0.15, 0.2) is 8.32 Å². The third-order valence-electron chi connectivity index (χ3n) is 6.41. The number of thiophene rings is 1. The number of aliphatic hydroxyl groups excluding tert-OH is 1. The van der Waals surface area contributed by atoms with Crippen molar-refractivity contribution >= 4 is 19.7 Å². The van der Waals surface area contributed by atoms with Gasteiger partial charge in [-0.3, -0.25) is 0 Å². The van der Waals surface area contributed by atoms with Crippen molar-refractivity contribution in [2.45, 2.75) is 92.2 Å².